The summed E-state index contributed by atoms with van der Waals surface area (Å²) in [5.41, 5.74) is 2.51. The van der Waals surface area contributed by atoms with Crippen LogP contribution in [0.15, 0.2) is 60.1 Å². The fourth-order valence-corrected chi connectivity index (χ4v) is 2.83. The number of aromatic nitrogens is 2. The van der Waals surface area contributed by atoms with Crippen molar-refractivity contribution in [3.05, 3.63) is 65.1 Å². The van der Waals surface area contributed by atoms with Crippen LogP contribution in [-0.4, -0.2) is 22.5 Å². The van der Waals surface area contributed by atoms with E-state index in [0.717, 1.165) is 22.1 Å². The maximum absolute atomic E-state index is 11.8. The van der Waals surface area contributed by atoms with Gasteiger partial charge in [-0.3, -0.25) is 4.98 Å². The van der Waals surface area contributed by atoms with Crippen LogP contribution in [0.4, 0.5) is 10.5 Å². The average Bonchev–Trinajstić information content (AvgIpc) is 3.05. The van der Waals surface area contributed by atoms with E-state index in [1.165, 1.54) is 0 Å². The second-order valence-corrected chi connectivity index (χ2v) is 5.78. The van der Waals surface area contributed by atoms with Crippen molar-refractivity contribution in [2.45, 2.75) is 6.42 Å². The molecule has 2 amide bonds. The number of pyridine rings is 1. The number of rotatable bonds is 5. The molecule has 2 N–H and O–H groups in total. The van der Waals surface area contributed by atoms with Gasteiger partial charge in [0.2, 0.25) is 0 Å². The average molecular weight is 324 g/mol. The van der Waals surface area contributed by atoms with Gasteiger partial charge in [0.15, 0.2) is 0 Å². The molecule has 6 heteroatoms. The third-order valence-electron chi connectivity index (χ3n) is 3.14. The Kier molecular flexibility index (Phi) is 4.95. The standard InChI is InChI=1S/C17H16N4OS/c22-17(20-13-6-2-1-3-7-13)19-11-9-16-21-15(12-23-16)14-8-4-5-10-18-14/h1-8,10,12H,9,11H2,(H2,19,20,22). The number of benzene rings is 1. The second kappa shape index (κ2) is 7.51. The van der Waals surface area contributed by atoms with Gasteiger partial charge in [-0.1, -0.05) is 24.3 Å². The van der Waals surface area contributed by atoms with Crippen LogP contribution in [0.25, 0.3) is 11.4 Å². The zero-order valence-electron chi connectivity index (χ0n) is 12.4. The largest absolute Gasteiger partial charge is 0.337 e. The van der Waals surface area contributed by atoms with Crippen LogP contribution in [-0.2, 0) is 6.42 Å². The van der Waals surface area contributed by atoms with Crippen molar-refractivity contribution in [3.8, 4) is 11.4 Å². The normalized spacial score (nSPS) is 10.3. The van der Waals surface area contributed by atoms with Crippen molar-refractivity contribution in [2.24, 2.45) is 0 Å². The summed E-state index contributed by atoms with van der Waals surface area (Å²) in [6.45, 7) is 0.536. The summed E-state index contributed by atoms with van der Waals surface area (Å²) in [7, 11) is 0. The van der Waals surface area contributed by atoms with Crippen LogP contribution in [0, 0.1) is 0 Å². The van der Waals surface area contributed by atoms with E-state index < -0.39 is 0 Å². The molecule has 0 aliphatic rings. The fraction of sp³-hybridized carbons (Fsp3) is 0.118. The molecule has 5 nitrogen and oxygen atoms in total. The summed E-state index contributed by atoms with van der Waals surface area (Å²) in [6, 6.07) is 14.9. The number of hydrogen-bond acceptors (Lipinski definition) is 4. The first-order valence-corrected chi connectivity index (χ1v) is 8.15. The SMILES string of the molecule is O=C(NCCc1nc(-c2ccccn2)cs1)Nc1ccccc1. The van der Waals surface area contributed by atoms with Gasteiger partial charge >= 0.3 is 6.03 Å². The van der Waals surface area contributed by atoms with E-state index in [4.69, 9.17) is 0 Å². The Hall–Kier alpha value is -2.73. The van der Waals surface area contributed by atoms with E-state index in [1.807, 2.05) is 53.9 Å². The van der Waals surface area contributed by atoms with Crippen LogP contribution in [0.1, 0.15) is 5.01 Å². The Balaban J connectivity index is 1.48. The smallest absolute Gasteiger partial charge is 0.319 e. The Bertz CT molecular complexity index is 759. The van der Waals surface area contributed by atoms with Gasteiger partial charge in [0.05, 0.1) is 16.4 Å². The highest BCUT2D eigenvalue weighted by atomic mass is 32.1. The minimum Gasteiger partial charge on any atom is -0.337 e. The zero-order chi connectivity index (χ0) is 15.9. The van der Waals surface area contributed by atoms with Gasteiger partial charge in [-0.05, 0) is 24.3 Å². The van der Waals surface area contributed by atoms with Gasteiger partial charge in [-0.25, -0.2) is 9.78 Å². The molecule has 2 aromatic heterocycles. The van der Waals surface area contributed by atoms with E-state index in [9.17, 15) is 4.79 Å². The van der Waals surface area contributed by atoms with Crippen molar-refractivity contribution in [1.29, 1.82) is 0 Å². The van der Waals surface area contributed by atoms with Gasteiger partial charge in [-0.2, -0.15) is 0 Å². The van der Waals surface area contributed by atoms with Crippen LogP contribution in [0.5, 0.6) is 0 Å². The quantitative estimate of drug-likeness (QED) is 0.754. The fourth-order valence-electron chi connectivity index (χ4n) is 2.04. The molecule has 0 aliphatic heterocycles. The van der Waals surface area contributed by atoms with Crippen LogP contribution in [0.3, 0.4) is 0 Å². The number of nitrogens with one attached hydrogen (secondary N) is 2. The van der Waals surface area contributed by atoms with Gasteiger partial charge in [-0.15, -0.1) is 11.3 Å². The number of hydrogen-bond donors (Lipinski definition) is 2. The molecule has 1 aromatic carbocycles. The summed E-state index contributed by atoms with van der Waals surface area (Å²) < 4.78 is 0. The molecule has 2 heterocycles. The molecule has 0 unspecified atom stereocenters. The Morgan fingerprint density at radius 2 is 1.87 bits per heavy atom. The number of urea groups is 1. The van der Waals surface area contributed by atoms with Crippen molar-refractivity contribution in [1.82, 2.24) is 15.3 Å². The molecular formula is C17H16N4OS. The summed E-state index contributed by atoms with van der Waals surface area (Å²) in [4.78, 5) is 20.6. The summed E-state index contributed by atoms with van der Waals surface area (Å²) in [5, 5.41) is 8.58. The lowest BCUT2D eigenvalue weighted by Crippen LogP contribution is -2.30. The van der Waals surface area contributed by atoms with Gasteiger partial charge in [0.25, 0.3) is 0 Å². The molecule has 3 rings (SSSR count). The number of thiazole rings is 1. The number of para-hydroxylation sites is 1. The molecule has 0 fully saturated rings. The molecule has 3 aromatic rings. The summed E-state index contributed by atoms with van der Waals surface area (Å²) in [5.74, 6) is 0. The van der Waals surface area contributed by atoms with Crippen LogP contribution in [0.2, 0.25) is 0 Å². The van der Waals surface area contributed by atoms with Gasteiger partial charge < -0.3 is 10.6 Å². The van der Waals surface area contributed by atoms with E-state index in [-0.39, 0.29) is 6.03 Å². The highest BCUT2D eigenvalue weighted by Crippen LogP contribution is 2.19. The summed E-state index contributed by atoms with van der Waals surface area (Å²) >= 11 is 1.58. The van der Waals surface area contributed by atoms with Crippen molar-refractivity contribution in [2.75, 3.05) is 11.9 Å². The number of carbonyl (C=O) groups excluding carboxylic acids is 1. The van der Waals surface area contributed by atoms with Crippen molar-refractivity contribution in [3.63, 3.8) is 0 Å². The molecule has 0 spiro atoms. The molecule has 0 bridgehead atoms. The highest BCUT2D eigenvalue weighted by molar-refractivity contribution is 7.09. The molecule has 0 atom stereocenters. The molecule has 23 heavy (non-hydrogen) atoms. The molecule has 116 valence electrons. The highest BCUT2D eigenvalue weighted by Gasteiger charge is 2.06. The number of amides is 2. The molecule has 0 saturated heterocycles. The third kappa shape index (κ3) is 4.37. The Labute approximate surface area is 138 Å². The number of nitrogens with zero attached hydrogens (tertiary/aromatic N) is 2. The molecular weight excluding hydrogens is 308 g/mol. The lowest BCUT2D eigenvalue weighted by Gasteiger charge is -2.06. The topological polar surface area (TPSA) is 66.9 Å². The first kappa shape index (κ1) is 15.2. The summed E-state index contributed by atoms with van der Waals surface area (Å²) in [6.07, 6.45) is 2.45. The zero-order valence-corrected chi connectivity index (χ0v) is 13.2. The maximum Gasteiger partial charge on any atom is 0.319 e. The molecule has 0 radical (unpaired) electrons. The van der Waals surface area contributed by atoms with E-state index in [0.29, 0.717) is 13.0 Å². The minimum atomic E-state index is -0.210. The minimum absolute atomic E-state index is 0.210. The monoisotopic (exact) mass is 324 g/mol. The predicted octanol–water partition coefficient (Wildman–Crippen LogP) is 3.57. The van der Waals surface area contributed by atoms with E-state index in [2.05, 4.69) is 20.6 Å². The molecule has 0 saturated carbocycles. The van der Waals surface area contributed by atoms with Crippen molar-refractivity contribution >= 4 is 23.1 Å². The lowest BCUT2D eigenvalue weighted by atomic mass is 10.3. The van der Waals surface area contributed by atoms with Gasteiger partial charge in [0.1, 0.15) is 0 Å². The Morgan fingerprint density at radius 3 is 2.65 bits per heavy atom. The maximum atomic E-state index is 11.8. The van der Waals surface area contributed by atoms with Crippen LogP contribution >= 0.6 is 11.3 Å². The number of anilines is 1. The number of carbonyl (C=O) groups is 1. The van der Waals surface area contributed by atoms with Crippen molar-refractivity contribution < 1.29 is 4.79 Å². The Morgan fingerprint density at radius 1 is 1.04 bits per heavy atom. The lowest BCUT2D eigenvalue weighted by molar-refractivity contribution is 0.252. The second-order valence-electron chi connectivity index (χ2n) is 4.84. The third-order valence-corrected chi connectivity index (χ3v) is 4.04. The van der Waals surface area contributed by atoms with E-state index >= 15 is 0 Å². The molecule has 0 aliphatic carbocycles. The first-order valence-electron chi connectivity index (χ1n) is 7.27. The van der Waals surface area contributed by atoms with E-state index in [1.54, 1.807) is 17.5 Å². The van der Waals surface area contributed by atoms with Crippen LogP contribution < -0.4 is 10.6 Å². The first-order chi connectivity index (χ1) is 11.3. The van der Waals surface area contributed by atoms with Gasteiger partial charge in [0, 0.05) is 30.2 Å². The predicted molar refractivity (Wildman–Crippen MR) is 92.5 cm³/mol.